The number of aromatic amines is 1. The number of nitrogens with one attached hydrogen (secondary N) is 1. The minimum Gasteiger partial charge on any atom is -0.337 e. The summed E-state index contributed by atoms with van der Waals surface area (Å²) in [4.78, 5) is 28.2. The second kappa shape index (κ2) is 5.43. The van der Waals surface area contributed by atoms with Crippen LogP contribution in [0.4, 0.5) is 0 Å². The molecule has 0 aromatic carbocycles. The second-order valence-electron chi connectivity index (χ2n) is 6.28. The Bertz CT molecular complexity index is 533. The van der Waals surface area contributed by atoms with Crippen LogP contribution in [0, 0.1) is 5.41 Å². The van der Waals surface area contributed by atoms with Crippen LogP contribution < -0.4 is 5.56 Å². The number of hydrogen-bond acceptors (Lipinski definition) is 2. The molecule has 1 N–H and O–H groups in total. The van der Waals surface area contributed by atoms with Crippen molar-refractivity contribution in [1.29, 1.82) is 0 Å². The van der Waals surface area contributed by atoms with Crippen molar-refractivity contribution in [3.8, 4) is 0 Å². The summed E-state index contributed by atoms with van der Waals surface area (Å²) >= 11 is 0. The van der Waals surface area contributed by atoms with Gasteiger partial charge in [0.05, 0.1) is 0 Å². The Labute approximate surface area is 119 Å². The first kappa shape index (κ1) is 13.4. The number of H-pyrrole nitrogens is 1. The van der Waals surface area contributed by atoms with E-state index in [1.807, 2.05) is 4.90 Å². The lowest BCUT2D eigenvalue weighted by Crippen LogP contribution is -2.44. The van der Waals surface area contributed by atoms with Crippen molar-refractivity contribution < 1.29 is 4.79 Å². The molecule has 1 saturated carbocycles. The molecule has 2 aliphatic rings. The van der Waals surface area contributed by atoms with Crippen LogP contribution in [0.3, 0.4) is 0 Å². The van der Waals surface area contributed by atoms with Gasteiger partial charge in [-0.3, -0.25) is 9.59 Å². The quantitative estimate of drug-likeness (QED) is 0.855. The highest BCUT2D eigenvalue weighted by Gasteiger charge is 2.36. The number of hydrogen-bond donors (Lipinski definition) is 1. The van der Waals surface area contributed by atoms with E-state index in [1.165, 1.54) is 38.2 Å². The molecular formula is C16H22N2O2. The highest BCUT2D eigenvalue weighted by molar-refractivity contribution is 5.92. The van der Waals surface area contributed by atoms with Crippen LogP contribution in [-0.4, -0.2) is 28.9 Å². The monoisotopic (exact) mass is 274 g/mol. The van der Waals surface area contributed by atoms with Gasteiger partial charge in [-0.1, -0.05) is 25.3 Å². The topological polar surface area (TPSA) is 53.2 Å². The average Bonchev–Trinajstić information content (AvgIpc) is 2.48. The number of piperidine rings is 1. The first-order valence-corrected chi connectivity index (χ1v) is 7.67. The van der Waals surface area contributed by atoms with Gasteiger partial charge in [0.1, 0.15) is 5.69 Å². The van der Waals surface area contributed by atoms with E-state index in [0.29, 0.717) is 11.1 Å². The molecule has 0 unspecified atom stereocenters. The molecule has 20 heavy (non-hydrogen) atoms. The van der Waals surface area contributed by atoms with E-state index in [4.69, 9.17) is 0 Å². The van der Waals surface area contributed by atoms with Crippen molar-refractivity contribution in [2.24, 2.45) is 5.41 Å². The summed E-state index contributed by atoms with van der Waals surface area (Å²) in [7, 11) is 0. The van der Waals surface area contributed by atoms with Gasteiger partial charge in [-0.15, -0.1) is 0 Å². The van der Waals surface area contributed by atoms with E-state index in [0.717, 1.165) is 25.9 Å². The van der Waals surface area contributed by atoms with Gasteiger partial charge in [0, 0.05) is 19.2 Å². The van der Waals surface area contributed by atoms with Gasteiger partial charge in [0.25, 0.3) is 5.91 Å². The molecule has 1 aromatic heterocycles. The first-order valence-electron chi connectivity index (χ1n) is 7.67. The minimum absolute atomic E-state index is 0.0339. The Morgan fingerprint density at radius 1 is 1.05 bits per heavy atom. The third-order valence-corrected chi connectivity index (χ3v) is 5.02. The fourth-order valence-corrected chi connectivity index (χ4v) is 3.73. The molecule has 4 nitrogen and oxygen atoms in total. The predicted molar refractivity (Wildman–Crippen MR) is 77.7 cm³/mol. The highest BCUT2D eigenvalue weighted by atomic mass is 16.2. The summed E-state index contributed by atoms with van der Waals surface area (Å²) in [6.07, 6.45) is 8.97. The molecule has 0 radical (unpaired) electrons. The zero-order chi connectivity index (χ0) is 14.0. The molecule has 1 aromatic rings. The van der Waals surface area contributed by atoms with Crippen LogP contribution >= 0.6 is 0 Å². The van der Waals surface area contributed by atoms with Gasteiger partial charge in [-0.25, -0.2) is 0 Å². The summed E-state index contributed by atoms with van der Waals surface area (Å²) in [6.45, 7) is 1.66. The van der Waals surface area contributed by atoms with Gasteiger partial charge < -0.3 is 9.88 Å². The molecule has 3 rings (SSSR count). The standard InChI is InChI=1S/C16H22N2O2/c19-14-6-4-5-13(17-14)15(20)18-11-9-16(10-12-18)7-2-1-3-8-16/h4-6H,1-3,7-12H2,(H,17,19). The van der Waals surface area contributed by atoms with Crippen LogP contribution in [0.5, 0.6) is 0 Å². The minimum atomic E-state index is -0.211. The van der Waals surface area contributed by atoms with Crippen molar-refractivity contribution in [2.75, 3.05) is 13.1 Å². The zero-order valence-electron chi connectivity index (χ0n) is 11.9. The predicted octanol–water partition coefficient (Wildman–Crippen LogP) is 2.56. The van der Waals surface area contributed by atoms with Gasteiger partial charge in [-0.05, 0) is 37.2 Å². The van der Waals surface area contributed by atoms with E-state index >= 15 is 0 Å². The average molecular weight is 274 g/mol. The van der Waals surface area contributed by atoms with Crippen LogP contribution in [0.1, 0.15) is 55.4 Å². The van der Waals surface area contributed by atoms with Crippen molar-refractivity contribution in [2.45, 2.75) is 44.9 Å². The number of carbonyl (C=O) groups is 1. The Balaban J connectivity index is 1.66. The van der Waals surface area contributed by atoms with E-state index in [1.54, 1.807) is 12.1 Å². The van der Waals surface area contributed by atoms with Crippen LogP contribution in [0.15, 0.2) is 23.0 Å². The fraction of sp³-hybridized carbons (Fsp3) is 0.625. The highest BCUT2D eigenvalue weighted by Crippen LogP contribution is 2.44. The van der Waals surface area contributed by atoms with Crippen molar-refractivity contribution >= 4 is 5.91 Å². The molecule has 2 heterocycles. The molecular weight excluding hydrogens is 252 g/mol. The Hall–Kier alpha value is -1.58. The molecule has 1 spiro atoms. The van der Waals surface area contributed by atoms with E-state index in [2.05, 4.69) is 4.98 Å². The summed E-state index contributed by atoms with van der Waals surface area (Å²) in [5.41, 5.74) is 0.702. The Kier molecular flexibility index (Phi) is 3.64. The van der Waals surface area contributed by atoms with Crippen LogP contribution in [-0.2, 0) is 0 Å². The smallest absolute Gasteiger partial charge is 0.270 e. The summed E-state index contributed by atoms with van der Waals surface area (Å²) in [6, 6.07) is 4.76. The van der Waals surface area contributed by atoms with E-state index in [9.17, 15) is 9.59 Å². The first-order chi connectivity index (χ1) is 9.69. The van der Waals surface area contributed by atoms with Crippen molar-refractivity contribution in [3.05, 3.63) is 34.2 Å². The molecule has 4 heteroatoms. The fourth-order valence-electron chi connectivity index (χ4n) is 3.73. The number of carbonyl (C=O) groups excluding carboxylic acids is 1. The van der Waals surface area contributed by atoms with Crippen molar-refractivity contribution in [3.63, 3.8) is 0 Å². The number of rotatable bonds is 1. The van der Waals surface area contributed by atoms with Crippen molar-refractivity contribution in [1.82, 2.24) is 9.88 Å². The number of pyridine rings is 1. The summed E-state index contributed by atoms with van der Waals surface area (Å²) in [5, 5.41) is 0. The van der Waals surface area contributed by atoms with E-state index < -0.39 is 0 Å². The largest absolute Gasteiger partial charge is 0.337 e. The van der Waals surface area contributed by atoms with Gasteiger partial charge in [0.15, 0.2) is 0 Å². The van der Waals surface area contributed by atoms with Gasteiger partial charge >= 0.3 is 0 Å². The van der Waals surface area contributed by atoms with E-state index in [-0.39, 0.29) is 11.5 Å². The molecule has 2 fully saturated rings. The molecule has 0 bridgehead atoms. The molecule has 1 saturated heterocycles. The lowest BCUT2D eigenvalue weighted by Gasteiger charge is -2.44. The number of nitrogens with zero attached hydrogens (tertiary/aromatic N) is 1. The normalized spacial score (nSPS) is 21.9. The molecule has 1 amide bonds. The second-order valence-corrected chi connectivity index (χ2v) is 6.28. The molecule has 1 aliphatic carbocycles. The van der Waals surface area contributed by atoms with Crippen LogP contribution in [0.25, 0.3) is 0 Å². The van der Waals surface area contributed by atoms with Gasteiger partial charge in [-0.2, -0.15) is 0 Å². The SMILES string of the molecule is O=C(c1cccc(=O)[nH]1)N1CCC2(CCCCC2)CC1. The molecule has 1 aliphatic heterocycles. The summed E-state index contributed by atoms with van der Waals surface area (Å²) in [5.74, 6) is -0.0339. The maximum absolute atomic E-state index is 12.4. The Morgan fingerprint density at radius 2 is 1.75 bits per heavy atom. The Morgan fingerprint density at radius 3 is 2.40 bits per heavy atom. The van der Waals surface area contributed by atoms with Crippen LogP contribution in [0.2, 0.25) is 0 Å². The maximum atomic E-state index is 12.4. The number of aromatic nitrogens is 1. The lowest BCUT2D eigenvalue weighted by molar-refractivity contribution is 0.0467. The number of likely N-dealkylation sites (tertiary alicyclic amines) is 1. The maximum Gasteiger partial charge on any atom is 0.270 e. The zero-order valence-corrected chi connectivity index (χ0v) is 11.9. The lowest BCUT2D eigenvalue weighted by atomic mass is 9.68. The molecule has 0 atom stereocenters. The van der Waals surface area contributed by atoms with Gasteiger partial charge in [0.2, 0.25) is 5.56 Å². The molecule has 108 valence electrons. The summed E-state index contributed by atoms with van der Waals surface area (Å²) < 4.78 is 0. The number of amides is 1. The third-order valence-electron chi connectivity index (χ3n) is 5.02. The third kappa shape index (κ3) is 2.65.